The van der Waals surface area contributed by atoms with E-state index in [1.54, 1.807) is 7.11 Å². The smallest absolute Gasteiger partial charge is 0.137 e. The molecule has 0 aliphatic carbocycles. The predicted octanol–water partition coefficient (Wildman–Crippen LogP) is 2.67. The highest BCUT2D eigenvalue weighted by Gasteiger charge is 2.13. The van der Waals surface area contributed by atoms with Crippen molar-refractivity contribution in [3.05, 3.63) is 35.7 Å². The molecule has 3 N–H and O–H groups in total. The lowest BCUT2D eigenvalue weighted by molar-refractivity contribution is 0.415. The second-order valence-corrected chi connectivity index (χ2v) is 4.54. The van der Waals surface area contributed by atoms with Crippen LogP contribution in [-0.4, -0.2) is 17.1 Å². The van der Waals surface area contributed by atoms with Crippen molar-refractivity contribution in [3.8, 4) is 17.1 Å². The minimum absolute atomic E-state index is 0.367. The zero-order chi connectivity index (χ0) is 13.1. The van der Waals surface area contributed by atoms with Gasteiger partial charge in [0, 0.05) is 12.1 Å². The fourth-order valence-electron chi connectivity index (χ4n) is 1.94. The molecule has 0 atom stereocenters. The summed E-state index contributed by atoms with van der Waals surface area (Å²) < 4.78 is 5.14. The van der Waals surface area contributed by atoms with Crippen LogP contribution in [0.1, 0.15) is 31.2 Å². The van der Waals surface area contributed by atoms with E-state index in [0.29, 0.717) is 12.5 Å². The van der Waals surface area contributed by atoms with Gasteiger partial charge in [0.15, 0.2) is 0 Å². The molecule has 1 aromatic carbocycles. The van der Waals surface area contributed by atoms with Crippen molar-refractivity contribution < 1.29 is 4.74 Å². The molecule has 0 saturated carbocycles. The van der Waals surface area contributed by atoms with Gasteiger partial charge >= 0.3 is 0 Å². The van der Waals surface area contributed by atoms with Crippen LogP contribution in [0.4, 0.5) is 0 Å². The second kappa shape index (κ2) is 5.23. The molecule has 0 unspecified atom stereocenters. The van der Waals surface area contributed by atoms with Gasteiger partial charge in [-0.05, 0) is 30.2 Å². The molecular weight excluding hydrogens is 226 g/mol. The number of H-pyrrole nitrogens is 1. The molecule has 0 bridgehead atoms. The van der Waals surface area contributed by atoms with E-state index in [-0.39, 0.29) is 0 Å². The van der Waals surface area contributed by atoms with Gasteiger partial charge in [0.1, 0.15) is 11.6 Å². The Morgan fingerprint density at radius 3 is 2.39 bits per heavy atom. The van der Waals surface area contributed by atoms with Crippen LogP contribution >= 0.6 is 0 Å². The van der Waals surface area contributed by atoms with Crippen LogP contribution in [0.2, 0.25) is 0 Å². The summed E-state index contributed by atoms with van der Waals surface area (Å²) in [5, 5.41) is 0. The minimum Gasteiger partial charge on any atom is -0.497 e. The van der Waals surface area contributed by atoms with E-state index in [2.05, 4.69) is 23.8 Å². The number of hydrogen-bond donors (Lipinski definition) is 2. The number of aromatic nitrogens is 2. The van der Waals surface area contributed by atoms with Gasteiger partial charge in [-0.3, -0.25) is 0 Å². The van der Waals surface area contributed by atoms with Crippen molar-refractivity contribution in [2.45, 2.75) is 26.3 Å². The molecule has 96 valence electrons. The zero-order valence-electron chi connectivity index (χ0n) is 11.0. The van der Waals surface area contributed by atoms with Gasteiger partial charge in [-0.15, -0.1) is 0 Å². The fraction of sp³-hybridized carbons (Fsp3) is 0.357. The molecule has 2 aromatic rings. The molecule has 4 heteroatoms. The lowest BCUT2D eigenvalue weighted by Crippen LogP contribution is -2.02. The van der Waals surface area contributed by atoms with Crippen LogP contribution in [0.15, 0.2) is 24.3 Å². The third-order valence-electron chi connectivity index (χ3n) is 2.93. The number of aromatic amines is 1. The predicted molar refractivity (Wildman–Crippen MR) is 72.6 cm³/mol. The number of imidazole rings is 1. The first-order chi connectivity index (χ1) is 8.65. The number of ether oxygens (including phenoxy) is 1. The van der Waals surface area contributed by atoms with Crippen LogP contribution in [0.3, 0.4) is 0 Å². The highest BCUT2D eigenvalue weighted by Crippen LogP contribution is 2.24. The fourth-order valence-corrected chi connectivity index (χ4v) is 1.94. The summed E-state index contributed by atoms with van der Waals surface area (Å²) in [5.74, 6) is 2.07. The first-order valence-corrected chi connectivity index (χ1v) is 6.09. The third kappa shape index (κ3) is 2.38. The largest absolute Gasteiger partial charge is 0.497 e. The SMILES string of the molecule is COc1ccc(-c2nc(C(C)C)c(CN)[nH]2)cc1. The number of hydrogen-bond acceptors (Lipinski definition) is 3. The molecule has 0 spiro atoms. The van der Waals surface area contributed by atoms with Crippen LogP contribution in [0.25, 0.3) is 11.4 Å². The molecule has 1 aromatic heterocycles. The van der Waals surface area contributed by atoms with E-state index in [9.17, 15) is 0 Å². The van der Waals surface area contributed by atoms with Gasteiger partial charge in [0.2, 0.25) is 0 Å². The monoisotopic (exact) mass is 245 g/mol. The maximum atomic E-state index is 5.73. The van der Waals surface area contributed by atoms with E-state index < -0.39 is 0 Å². The number of benzene rings is 1. The molecule has 4 nitrogen and oxygen atoms in total. The van der Waals surface area contributed by atoms with Crippen molar-refractivity contribution in [2.75, 3.05) is 7.11 Å². The van der Waals surface area contributed by atoms with Gasteiger partial charge in [0.25, 0.3) is 0 Å². The molecule has 0 radical (unpaired) electrons. The van der Waals surface area contributed by atoms with E-state index >= 15 is 0 Å². The van der Waals surface area contributed by atoms with E-state index in [1.807, 2.05) is 24.3 Å². The summed E-state index contributed by atoms with van der Waals surface area (Å²) in [6, 6.07) is 7.83. The lowest BCUT2D eigenvalue weighted by Gasteiger charge is -2.01. The van der Waals surface area contributed by atoms with Gasteiger partial charge in [-0.2, -0.15) is 0 Å². The van der Waals surface area contributed by atoms with E-state index in [4.69, 9.17) is 10.5 Å². The van der Waals surface area contributed by atoms with Gasteiger partial charge in [-0.25, -0.2) is 4.98 Å². The maximum Gasteiger partial charge on any atom is 0.137 e. The Bertz CT molecular complexity index is 514. The molecule has 2 rings (SSSR count). The summed E-state index contributed by atoms with van der Waals surface area (Å²) in [7, 11) is 1.66. The number of rotatable bonds is 4. The zero-order valence-corrected chi connectivity index (χ0v) is 11.0. The molecule has 18 heavy (non-hydrogen) atoms. The topological polar surface area (TPSA) is 63.9 Å². The Kier molecular flexibility index (Phi) is 3.67. The normalized spacial score (nSPS) is 10.9. The Balaban J connectivity index is 2.37. The number of nitrogens with two attached hydrogens (primary N) is 1. The second-order valence-electron chi connectivity index (χ2n) is 4.54. The van der Waals surface area contributed by atoms with Crippen molar-refractivity contribution in [2.24, 2.45) is 5.73 Å². The molecular formula is C14H19N3O. The summed E-state index contributed by atoms with van der Waals surface area (Å²) in [6.45, 7) is 4.72. The highest BCUT2D eigenvalue weighted by molar-refractivity contribution is 5.57. The van der Waals surface area contributed by atoms with Crippen molar-refractivity contribution in [1.29, 1.82) is 0 Å². The average molecular weight is 245 g/mol. The first-order valence-electron chi connectivity index (χ1n) is 6.09. The van der Waals surface area contributed by atoms with E-state index in [1.165, 1.54) is 0 Å². The molecule has 0 aliphatic heterocycles. The Morgan fingerprint density at radius 1 is 1.28 bits per heavy atom. The highest BCUT2D eigenvalue weighted by atomic mass is 16.5. The van der Waals surface area contributed by atoms with Gasteiger partial charge in [-0.1, -0.05) is 13.8 Å². The summed E-state index contributed by atoms with van der Waals surface area (Å²) >= 11 is 0. The summed E-state index contributed by atoms with van der Waals surface area (Å²) in [5.41, 5.74) is 8.83. The summed E-state index contributed by atoms with van der Waals surface area (Å²) in [4.78, 5) is 7.92. The Morgan fingerprint density at radius 2 is 1.94 bits per heavy atom. The lowest BCUT2D eigenvalue weighted by atomic mass is 10.1. The van der Waals surface area contributed by atoms with Crippen LogP contribution < -0.4 is 10.5 Å². The molecule has 0 aliphatic rings. The molecule has 1 heterocycles. The molecule has 0 saturated heterocycles. The Labute approximate surface area is 107 Å². The molecule has 0 fully saturated rings. The van der Waals surface area contributed by atoms with Gasteiger partial charge < -0.3 is 15.5 Å². The quantitative estimate of drug-likeness (QED) is 0.870. The number of nitrogens with zero attached hydrogens (tertiary/aromatic N) is 1. The van der Waals surface area contributed by atoms with Crippen molar-refractivity contribution in [1.82, 2.24) is 9.97 Å². The third-order valence-corrected chi connectivity index (χ3v) is 2.93. The van der Waals surface area contributed by atoms with Crippen LogP contribution in [0.5, 0.6) is 5.75 Å². The maximum absolute atomic E-state index is 5.73. The average Bonchev–Trinajstić information content (AvgIpc) is 2.83. The first kappa shape index (κ1) is 12.6. The van der Waals surface area contributed by atoms with Gasteiger partial charge in [0.05, 0.1) is 18.5 Å². The standard InChI is InChI=1S/C14H19N3O/c1-9(2)13-12(8-15)16-14(17-13)10-4-6-11(18-3)7-5-10/h4-7,9H,8,15H2,1-3H3,(H,16,17). The number of methoxy groups -OCH3 is 1. The van der Waals surface area contributed by atoms with Crippen molar-refractivity contribution in [3.63, 3.8) is 0 Å². The van der Waals surface area contributed by atoms with Crippen LogP contribution in [0, 0.1) is 0 Å². The number of nitrogens with one attached hydrogen (secondary N) is 1. The Hall–Kier alpha value is -1.81. The molecule has 0 amide bonds. The van der Waals surface area contributed by atoms with Crippen molar-refractivity contribution >= 4 is 0 Å². The van der Waals surface area contributed by atoms with Crippen LogP contribution in [-0.2, 0) is 6.54 Å². The minimum atomic E-state index is 0.367. The summed E-state index contributed by atoms with van der Waals surface area (Å²) in [6.07, 6.45) is 0. The van der Waals surface area contributed by atoms with E-state index in [0.717, 1.165) is 28.5 Å².